The van der Waals surface area contributed by atoms with E-state index in [9.17, 15) is 18.5 Å². The number of non-ortho nitro benzene ring substituents is 1. The summed E-state index contributed by atoms with van der Waals surface area (Å²) in [6, 6.07) is 10.7. The highest BCUT2D eigenvalue weighted by molar-refractivity contribution is 7.89. The van der Waals surface area contributed by atoms with Crippen LogP contribution in [0.15, 0.2) is 47.4 Å². The van der Waals surface area contributed by atoms with Gasteiger partial charge in [-0.25, -0.2) is 8.42 Å². The molecule has 3 rings (SSSR count). The number of nitro benzene ring substituents is 1. The van der Waals surface area contributed by atoms with Crippen molar-refractivity contribution in [1.82, 2.24) is 9.21 Å². The molecule has 1 fully saturated rings. The van der Waals surface area contributed by atoms with E-state index in [1.54, 1.807) is 14.2 Å². The predicted octanol–water partition coefficient (Wildman–Crippen LogP) is 2.12. The van der Waals surface area contributed by atoms with Gasteiger partial charge in [-0.3, -0.25) is 15.0 Å². The van der Waals surface area contributed by atoms with Gasteiger partial charge in [0.2, 0.25) is 10.0 Å². The molecule has 0 amide bonds. The quantitative estimate of drug-likeness (QED) is 0.498. The fourth-order valence-electron chi connectivity index (χ4n) is 3.34. The first-order valence-corrected chi connectivity index (χ1v) is 10.5. The molecule has 1 aliphatic rings. The van der Waals surface area contributed by atoms with Crippen molar-refractivity contribution < 1.29 is 22.8 Å². The monoisotopic (exact) mass is 421 g/mol. The first-order valence-electron chi connectivity index (χ1n) is 9.03. The van der Waals surface area contributed by atoms with E-state index in [2.05, 4.69) is 4.90 Å². The Morgan fingerprint density at radius 2 is 1.66 bits per heavy atom. The standard InChI is InChI=1S/C19H23N3O6S/c1-27-18-5-3-4-15(19(18)28-2)14-20-10-12-21(13-11-20)29(25,26)17-8-6-16(7-9-17)22(23)24/h3-9H,10-14H2,1-2H3. The van der Waals surface area contributed by atoms with Gasteiger partial charge in [0.25, 0.3) is 5.69 Å². The fourth-order valence-corrected chi connectivity index (χ4v) is 4.76. The lowest BCUT2D eigenvalue weighted by atomic mass is 10.1. The predicted molar refractivity (Wildman–Crippen MR) is 107 cm³/mol. The van der Waals surface area contributed by atoms with Crippen LogP contribution in [0.5, 0.6) is 11.5 Å². The summed E-state index contributed by atoms with van der Waals surface area (Å²) in [5.74, 6) is 1.33. The smallest absolute Gasteiger partial charge is 0.269 e. The maximum absolute atomic E-state index is 12.8. The number of nitro groups is 1. The van der Waals surface area contributed by atoms with Crippen LogP contribution in [0.2, 0.25) is 0 Å². The molecule has 2 aromatic rings. The van der Waals surface area contributed by atoms with Crippen molar-refractivity contribution in [2.75, 3.05) is 40.4 Å². The molecule has 0 bridgehead atoms. The maximum atomic E-state index is 12.8. The zero-order valence-electron chi connectivity index (χ0n) is 16.3. The summed E-state index contributed by atoms with van der Waals surface area (Å²) in [4.78, 5) is 12.4. The van der Waals surface area contributed by atoms with E-state index >= 15 is 0 Å². The maximum Gasteiger partial charge on any atom is 0.269 e. The molecule has 0 aromatic heterocycles. The van der Waals surface area contributed by atoms with Crippen molar-refractivity contribution in [3.05, 3.63) is 58.1 Å². The SMILES string of the molecule is COc1cccc(CN2CCN(S(=O)(=O)c3ccc([N+](=O)[O-])cc3)CC2)c1OC. The minimum Gasteiger partial charge on any atom is -0.493 e. The minimum absolute atomic E-state index is 0.0611. The zero-order valence-corrected chi connectivity index (χ0v) is 17.1. The molecular weight excluding hydrogens is 398 g/mol. The number of nitrogens with zero attached hydrogens (tertiary/aromatic N) is 3. The van der Waals surface area contributed by atoms with E-state index in [1.807, 2.05) is 18.2 Å². The molecule has 2 aromatic carbocycles. The van der Waals surface area contributed by atoms with Crippen LogP contribution in [0.25, 0.3) is 0 Å². The highest BCUT2D eigenvalue weighted by atomic mass is 32.2. The summed E-state index contributed by atoms with van der Waals surface area (Å²) < 4.78 is 37.8. The number of ether oxygens (including phenoxy) is 2. The van der Waals surface area contributed by atoms with Crippen LogP contribution in [-0.2, 0) is 16.6 Å². The third kappa shape index (κ3) is 4.50. The van der Waals surface area contributed by atoms with Crippen molar-refractivity contribution >= 4 is 15.7 Å². The van der Waals surface area contributed by atoms with Gasteiger partial charge in [-0.2, -0.15) is 4.31 Å². The van der Waals surface area contributed by atoms with Gasteiger partial charge in [-0.15, -0.1) is 0 Å². The van der Waals surface area contributed by atoms with Crippen LogP contribution >= 0.6 is 0 Å². The average molecular weight is 421 g/mol. The van der Waals surface area contributed by atoms with Gasteiger partial charge in [0.1, 0.15) is 0 Å². The van der Waals surface area contributed by atoms with E-state index < -0.39 is 14.9 Å². The van der Waals surface area contributed by atoms with Crippen molar-refractivity contribution in [3.8, 4) is 11.5 Å². The summed E-state index contributed by atoms with van der Waals surface area (Å²) >= 11 is 0. The van der Waals surface area contributed by atoms with Crippen molar-refractivity contribution in [1.29, 1.82) is 0 Å². The fraction of sp³-hybridized carbons (Fsp3) is 0.368. The first-order chi connectivity index (χ1) is 13.9. The third-order valence-electron chi connectivity index (χ3n) is 4.90. The molecule has 1 aliphatic heterocycles. The van der Waals surface area contributed by atoms with E-state index in [4.69, 9.17) is 9.47 Å². The van der Waals surface area contributed by atoms with Gasteiger partial charge < -0.3 is 9.47 Å². The topological polar surface area (TPSA) is 102 Å². The molecule has 0 spiro atoms. The Morgan fingerprint density at radius 3 is 2.21 bits per heavy atom. The number of piperazine rings is 1. The Bertz CT molecular complexity index is 970. The molecule has 0 aliphatic carbocycles. The normalized spacial score (nSPS) is 15.8. The lowest BCUT2D eigenvalue weighted by Crippen LogP contribution is -2.48. The van der Waals surface area contributed by atoms with Gasteiger partial charge in [0, 0.05) is 50.4 Å². The summed E-state index contributed by atoms with van der Waals surface area (Å²) in [5, 5.41) is 10.8. The minimum atomic E-state index is -3.68. The van der Waals surface area contributed by atoms with E-state index in [0.717, 1.165) is 5.56 Å². The molecular formula is C19H23N3O6S. The van der Waals surface area contributed by atoms with Gasteiger partial charge in [-0.05, 0) is 18.2 Å². The third-order valence-corrected chi connectivity index (χ3v) is 6.81. The number of hydrogen-bond donors (Lipinski definition) is 0. The Hall–Kier alpha value is -2.69. The molecule has 29 heavy (non-hydrogen) atoms. The second-order valence-corrected chi connectivity index (χ2v) is 8.52. The second-order valence-electron chi connectivity index (χ2n) is 6.58. The van der Waals surface area contributed by atoms with Gasteiger partial charge in [0.05, 0.1) is 24.0 Å². The van der Waals surface area contributed by atoms with Crippen molar-refractivity contribution in [2.24, 2.45) is 0 Å². The Kier molecular flexibility index (Phi) is 6.36. The van der Waals surface area contributed by atoms with Crippen LogP contribution < -0.4 is 9.47 Å². The molecule has 0 radical (unpaired) electrons. The molecule has 1 heterocycles. The summed E-state index contributed by atoms with van der Waals surface area (Å²) in [6.45, 7) is 2.42. The van der Waals surface area contributed by atoms with E-state index in [0.29, 0.717) is 44.2 Å². The van der Waals surface area contributed by atoms with Gasteiger partial charge in [-0.1, -0.05) is 12.1 Å². The molecule has 0 N–H and O–H groups in total. The van der Waals surface area contributed by atoms with Crippen LogP contribution in [0.3, 0.4) is 0 Å². The highest BCUT2D eigenvalue weighted by Crippen LogP contribution is 2.32. The van der Waals surface area contributed by atoms with E-state index in [-0.39, 0.29) is 10.6 Å². The summed E-state index contributed by atoms with van der Waals surface area (Å²) in [7, 11) is -0.505. The van der Waals surface area contributed by atoms with Gasteiger partial charge >= 0.3 is 0 Å². The van der Waals surface area contributed by atoms with Crippen molar-refractivity contribution in [3.63, 3.8) is 0 Å². The highest BCUT2D eigenvalue weighted by Gasteiger charge is 2.29. The first kappa shape index (κ1) is 21.0. The second kappa shape index (κ2) is 8.76. The largest absolute Gasteiger partial charge is 0.493 e. The van der Waals surface area contributed by atoms with Crippen LogP contribution in [0, 0.1) is 10.1 Å². The Labute approximate surface area is 169 Å². The molecule has 0 unspecified atom stereocenters. The molecule has 9 nitrogen and oxygen atoms in total. The van der Waals surface area contributed by atoms with Gasteiger partial charge in [0.15, 0.2) is 11.5 Å². The number of methoxy groups -OCH3 is 2. The number of benzene rings is 2. The Morgan fingerprint density at radius 1 is 1.00 bits per heavy atom. The average Bonchev–Trinajstić information content (AvgIpc) is 2.74. The molecule has 1 saturated heterocycles. The van der Waals surface area contributed by atoms with E-state index in [1.165, 1.54) is 28.6 Å². The molecule has 0 atom stereocenters. The summed E-state index contributed by atoms with van der Waals surface area (Å²) in [5.41, 5.74) is 0.833. The molecule has 10 heteroatoms. The lowest BCUT2D eigenvalue weighted by Gasteiger charge is -2.34. The van der Waals surface area contributed by atoms with Crippen LogP contribution in [-0.4, -0.2) is 62.9 Å². The Balaban J connectivity index is 1.66. The number of rotatable bonds is 7. The zero-order chi connectivity index (χ0) is 21.0. The van der Waals surface area contributed by atoms with Crippen molar-refractivity contribution in [2.45, 2.75) is 11.4 Å². The number of sulfonamides is 1. The van der Waals surface area contributed by atoms with Crippen LogP contribution in [0.4, 0.5) is 5.69 Å². The number of hydrogen-bond acceptors (Lipinski definition) is 7. The molecule has 0 saturated carbocycles. The lowest BCUT2D eigenvalue weighted by molar-refractivity contribution is -0.384. The number of para-hydroxylation sites is 1. The molecule has 156 valence electrons. The summed E-state index contributed by atoms with van der Waals surface area (Å²) in [6.07, 6.45) is 0. The van der Waals surface area contributed by atoms with Crippen LogP contribution in [0.1, 0.15) is 5.56 Å².